The van der Waals surface area contributed by atoms with E-state index in [-0.39, 0.29) is 29.6 Å². The summed E-state index contributed by atoms with van der Waals surface area (Å²) in [4.78, 5) is 55.2. The van der Waals surface area contributed by atoms with Gasteiger partial charge in [0.2, 0.25) is 5.91 Å². The normalized spacial score (nSPS) is 13.3. The zero-order valence-electron chi connectivity index (χ0n) is 16.6. The molecule has 3 N–H and O–H groups in total. The van der Waals surface area contributed by atoms with Crippen LogP contribution in [0.3, 0.4) is 0 Å². The fraction of sp³-hybridized carbons (Fsp3) is 0.450. The molecule has 2 heterocycles. The molecule has 1 aliphatic carbocycles. The van der Waals surface area contributed by atoms with Gasteiger partial charge in [-0.2, -0.15) is 0 Å². The van der Waals surface area contributed by atoms with Crippen LogP contribution < -0.4 is 16.6 Å². The van der Waals surface area contributed by atoms with E-state index in [9.17, 15) is 19.2 Å². The maximum atomic E-state index is 12.7. The molecule has 1 fully saturated rings. The third-order valence-electron chi connectivity index (χ3n) is 5.11. The Kier molecular flexibility index (Phi) is 5.95. The molecule has 9 nitrogen and oxygen atoms in total. The Labute approximate surface area is 167 Å². The number of amides is 3. The largest absolute Gasteiger partial charge is 0.365 e. The first kappa shape index (κ1) is 20.5. The summed E-state index contributed by atoms with van der Waals surface area (Å²) in [5.41, 5.74) is 4.97. The van der Waals surface area contributed by atoms with Crippen molar-refractivity contribution in [1.29, 1.82) is 0 Å². The second-order valence-electron chi connectivity index (χ2n) is 7.17. The molecule has 0 aliphatic heterocycles. The molecule has 0 atom stereocenters. The van der Waals surface area contributed by atoms with Crippen LogP contribution >= 0.6 is 0 Å². The van der Waals surface area contributed by atoms with Crippen molar-refractivity contribution in [2.75, 3.05) is 19.6 Å². The molecule has 1 saturated carbocycles. The molecule has 1 aliphatic rings. The number of pyridine rings is 2. The standard InChI is InChI=1S/C20H25N5O4/c1-3-24(4-2)16(26)11-25-18-13(8-15(17(21)27)20(25)29)7-14(10-22-18)19(28)23-9-12-5-6-12/h7-8,10,12H,3-6,9,11H2,1-2H3,(H2,21,27)(H,23,28). The second kappa shape index (κ2) is 8.42. The van der Waals surface area contributed by atoms with Crippen LogP contribution in [0.15, 0.2) is 23.1 Å². The summed E-state index contributed by atoms with van der Waals surface area (Å²) >= 11 is 0. The molecule has 0 saturated heterocycles. The summed E-state index contributed by atoms with van der Waals surface area (Å²) in [6.45, 7) is 5.02. The van der Waals surface area contributed by atoms with Crippen molar-refractivity contribution in [1.82, 2.24) is 19.8 Å². The third-order valence-corrected chi connectivity index (χ3v) is 5.11. The predicted octanol–water partition coefficient (Wildman–Crippen LogP) is 0.504. The maximum absolute atomic E-state index is 12.7. The molecule has 2 aromatic heterocycles. The van der Waals surface area contributed by atoms with E-state index >= 15 is 0 Å². The molecule has 3 rings (SSSR count). The van der Waals surface area contributed by atoms with Crippen molar-refractivity contribution < 1.29 is 14.4 Å². The Hall–Kier alpha value is -3.23. The molecule has 0 bridgehead atoms. The number of fused-ring (bicyclic) bond motifs is 1. The highest BCUT2D eigenvalue weighted by atomic mass is 16.2. The number of likely N-dealkylation sites (N-methyl/N-ethyl adjacent to an activating group) is 1. The Morgan fingerprint density at radius 3 is 2.52 bits per heavy atom. The van der Waals surface area contributed by atoms with E-state index in [1.54, 1.807) is 11.0 Å². The minimum atomic E-state index is -0.899. The lowest BCUT2D eigenvalue weighted by Crippen LogP contribution is -2.38. The summed E-state index contributed by atoms with van der Waals surface area (Å²) in [7, 11) is 0. The summed E-state index contributed by atoms with van der Waals surface area (Å²) in [5.74, 6) is -0.911. The van der Waals surface area contributed by atoms with Crippen molar-refractivity contribution >= 4 is 28.8 Å². The van der Waals surface area contributed by atoms with Crippen LogP contribution in [-0.2, 0) is 11.3 Å². The van der Waals surface area contributed by atoms with Gasteiger partial charge in [0.05, 0.1) is 5.56 Å². The molecule has 0 radical (unpaired) electrons. The molecule has 0 unspecified atom stereocenters. The highest BCUT2D eigenvalue weighted by Crippen LogP contribution is 2.27. The SMILES string of the molecule is CCN(CC)C(=O)Cn1c(=O)c(C(N)=O)cc2cc(C(=O)NCC3CC3)cnc21. The molecule has 0 aromatic carbocycles. The van der Waals surface area contributed by atoms with Crippen LogP contribution in [0.2, 0.25) is 0 Å². The molecule has 29 heavy (non-hydrogen) atoms. The zero-order chi connectivity index (χ0) is 21.1. The Bertz CT molecular complexity index is 1020. The zero-order valence-corrected chi connectivity index (χ0v) is 16.6. The second-order valence-corrected chi connectivity index (χ2v) is 7.17. The number of nitrogens with zero attached hydrogens (tertiary/aromatic N) is 3. The first-order chi connectivity index (χ1) is 13.8. The smallest absolute Gasteiger partial charge is 0.265 e. The lowest BCUT2D eigenvalue weighted by atomic mass is 10.1. The number of aromatic nitrogens is 2. The highest BCUT2D eigenvalue weighted by Gasteiger charge is 2.23. The lowest BCUT2D eigenvalue weighted by molar-refractivity contribution is -0.131. The van der Waals surface area contributed by atoms with E-state index in [1.165, 1.54) is 12.3 Å². The summed E-state index contributed by atoms with van der Waals surface area (Å²) in [5, 5.41) is 3.24. The van der Waals surface area contributed by atoms with Crippen molar-refractivity contribution in [3.05, 3.63) is 39.8 Å². The minimum Gasteiger partial charge on any atom is -0.365 e. The first-order valence-electron chi connectivity index (χ1n) is 9.75. The summed E-state index contributed by atoms with van der Waals surface area (Å²) < 4.78 is 1.14. The number of hydrogen-bond donors (Lipinski definition) is 2. The number of carbonyl (C=O) groups is 3. The van der Waals surface area contributed by atoms with Gasteiger partial charge in [-0.25, -0.2) is 4.98 Å². The van der Waals surface area contributed by atoms with E-state index < -0.39 is 11.5 Å². The monoisotopic (exact) mass is 399 g/mol. The van der Waals surface area contributed by atoms with Gasteiger partial charge < -0.3 is 16.0 Å². The van der Waals surface area contributed by atoms with E-state index in [0.29, 0.717) is 36.5 Å². The Morgan fingerprint density at radius 2 is 1.93 bits per heavy atom. The highest BCUT2D eigenvalue weighted by molar-refractivity contribution is 5.99. The van der Waals surface area contributed by atoms with Crippen molar-refractivity contribution in [2.24, 2.45) is 11.7 Å². The number of primary amides is 1. The minimum absolute atomic E-state index is 0.222. The number of nitrogens with two attached hydrogens (primary N) is 1. The van der Waals surface area contributed by atoms with Gasteiger partial charge >= 0.3 is 0 Å². The average molecular weight is 399 g/mol. The van der Waals surface area contributed by atoms with Gasteiger partial charge in [-0.3, -0.25) is 23.7 Å². The summed E-state index contributed by atoms with van der Waals surface area (Å²) in [6, 6.07) is 2.87. The van der Waals surface area contributed by atoms with Crippen LogP contribution in [0.25, 0.3) is 11.0 Å². The van der Waals surface area contributed by atoms with Crippen LogP contribution in [0, 0.1) is 5.92 Å². The molecular formula is C20H25N5O4. The average Bonchev–Trinajstić information content (AvgIpc) is 3.52. The van der Waals surface area contributed by atoms with Crippen molar-refractivity contribution in [2.45, 2.75) is 33.2 Å². The van der Waals surface area contributed by atoms with Gasteiger partial charge in [-0.1, -0.05) is 0 Å². The van der Waals surface area contributed by atoms with Gasteiger partial charge in [0.15, 0.2) is 0 Å². The topological polar surface area (TPSA) is 127 Å². The Balaban J connectivity index is 2.02. The summed E-state index contributed by atoms with van der Waals surface area (Å²) in [6.07, 6.45) is 3.60. The van der Waals surface area contributed by atoms with E-state index in [4.69, 9.17) is 5.73 Å². The van der Waals surface area contributed by atoms with Crippen LogP contribution in [0.1, 0.15) is 47.4 Å². The third kappa shape index (κ3) is 4.44. The quantitative estimate of drug-likeness (QED) is 0.668. The van der Waals surface area contributed by atoms with Crippen LogP contribution in [-0.4, -0.2) is 51.8 Å². The number of nitrogens with one attached hydrogen (secondary N) is 1. The van der Waals surface area contributed by atoms with Gasteiger partial charge in [-0.15, -0.1) is 0 Å². The number of rotatable bonds is 8. The van der Waals surface area contributed by atoms with Gasteiger partial charge in [-0.05, 0) is 44.7 Å². The van der Waals surface area contributed by atoms with Crippen LogP contribution in [0.4, 0.5) is 0 Å². The molecule has 3 amide bonds. The Morgan fingerprint density at radius 1 is 1.24 bits per heavy atom. The van der Waals surface area contributed by atoms with E-state index in [0.717, 1.165) is 17.4 Å². The first-order valence-corrected chi connectivity index (χ1v) is 9.75. The molecular weight excluding hydrogens is 374 g/mol. The molecule has 0 spiro atoms. The number of carbonyl (C=O) groups excluding carboxylic acids is 3. The lowest BCUT2D eigenvalue weighted by Gasteiger charge is -2.20. The maximum Gasteiger partial charge on any atom is 0.265 e. The predicted molar refractivity (Wildman–Crippen MR) is 108 cm³/mol. The fourth-order valence-electron chi connectivity index (χ4n) is 3.19. The van der Waals surface area contributed by atoms with Gasteiger partial charge in [0, 0.05) is 31.2 Å². The van der Waals surface area contributed by atoms with Crippen molar-refractivity contribution in [3.8, 4) is 0 Å². The molecule has 2 aromatic rings. The van der Waals surface area contributed by atoms with Gasteiger partial charge in [0.25, 0.3) is 17.4 Å². The fourth-order valence-corrected chi connectivity index (χ4v) is 3.19. The van der Waals surface area contributed by atoms with Crippen LogP contribution in [0.5, 0.6) is 0 Å². The number of hydrogen-bond acceptors (Lipinski definition) is 5. The van der Waals surface area contributed by atoms with Crippen molar-refractivity contribution in [3.63, 3.8) is 0 Å². The molecule has 9 heteroatoms. The van der Waals surface area contributed by atoms with E-state index in [1.807, 2.05) is 13.8 Å². The van der Waals surface area contributed by atoms with Gasteiger partial charge in [0.1, 0.15) is 17.8 Å². The van der Waals surface area contributed by atoms with E-state index in [2.05, 4.69) is 10.3 Å². The molecule has 154 valence electrons.